The third kappa shape index (κ3) is 6.75. The minimum atomic E-state index is -3.63. The Hall–Kier alpha value is -2.06. The number of sulfonamides is 1. The van der Waals surface area contributed by atoms with Gasteiger partial charge >= 0.3 is 0 Å². The Balaban J connectivity index is 1.92. The molecule has 0 bridgehead atoms. The molecule has 0 spiro atoms. The highest BCUT2D eigenvalue weighted by Gasteiger charge is 2.28. The van der Waals surface area contributed by atoms with Crippen molar-refractivity contribution in [2.45, 2.75) is 32.1 Å². The lowest BCUT2D eigenvalue weighted by Gasteiger charge is -2.28. The summed E-state index contributed by atoms with van der Waals surface area (Å²) in [6, 6.07) is 12.9. The molecule has 0 aliphatic carbocycles. The fourth-order valence-corrected chi connectivity index (χ4v) is 4.90. The van der Waals surface area contributed by atoms with Crippen LogP contribution in [0.1, 0.15) is 25.0 Å². The van der Waals surface area contributed by atoms with Crippen molar-refractivity contribution in [3.63, 3.8) is 0 Å². The zero-order valence-electron chi connectivity index (χ0n) is 16.9. The molecule has 8 heteroatoms. The number of carbonyl (C=O) groups is 1. The first kappa shape index (κ1) is 23.2. The van der Waals surface area contributed by atoms with Crippen molar-refractivity contribution in [1.82, 2.24) is 5.32 Å². The van der Waals surface area contributed by atoms with Crippen LogP contribution in [-0.4, -0.2) is 38.9 Å². The standard InChI is InChI=1S/C21H27FN2O3S2/c1-4-17-9-11-19(12-10-17)24(29(3,26)27)16(2)21(25)23-13-14-28-15-18-7-5-6-8-20(18)22/h5-12,16H,4,13-15H2,1-3H3,(H,23,25)/t16-/m1/s1. The minimum absolute atomic E-state index is 0.240. The van der Waals surface area contributed by atoms with Gasteiger partial charge in [-0.05, 0) is 42.7 Å². The second kappa shape index (κ2) is 10.6. The van der Waals surface area contributed by atoms with E-state index in [1.165, 1.54) is 17.8 Å². The number of thioether (sulfide) groups is 1. The van der Waals surface area contributed by atoms with E-state index >= 15 is 0 Å². The maximum absolute atomic E-state index is 13.6. The van der Waals surface area contributed by atoms with E-state index in [0.29, 0.717) is 29.3 Å². The van der Waals surface area contributed by atoms with E-state index in [0.717, 1.165) is 22.5 Å². The molecule has 29 heavy (non-hydrogen) atoms. The molecular formula is C21H27FN2O3S2. The predicted molar refractivity (Wildman–Crippen MR) is 118 cm³/mol. The Kier molecular flexibility index (Phi) is 8.52. The number of nitrogens with zero attached hydrogens (tertiary/aromatic N) is 1. The molecule has 1 N–H and O–H groups in total. The quantitative estimate of drug-likeness (QED) is 0.576. The molecule has 0 aromatic heterocycles. The molecule has 2 aromatic rings. The van der Waals surface area contributed by atoms with Gasteiger partial charge in [-0.2, -0.15) is 11.8 Å². The maximum Gasteiger partial charge on any atom is 0.243 e. The van der Waals surface area contributed by atoms with E-state index in [4.69, 9.17) is 0 Å². The van der Waals surface area contributed by atoms with Gasteiger partial charge in [0.05, 0.1) is 11.9 Å². The van der Waals surface area contributed by atoms with Gasteiger partial charge < -0.3 is 5.32 Å². The topological polar surface area (TPSA) is 66.5 Å². The Morgan fingerprint density at radius 2 is 1.83 bits per heavy atom. The summed E-state index contributed by atoms with van der Waals surface area (Å²) in [6.45, 7) is 3.95. The van der Waals surface area contributed by atoms with Gasteiger partial charge in [0.2, 0.25) is 15.9 Å². The summed E-state index contributed by atoms with van der Waals surface area (Å²) in [4.78, 5) is 12.5. The van der Waals surface area contributed by atoms with Gasteiger partial charge in [-0.15, -0.1) is 0 Å². The van der Waals surface area contributed by atoms with Crippen LogP contribution in [0, 0.1) is 5.82 Å². The molecular weight excluding hydrogens is 411 g/mol. The summed E-state index contributed by atoms with van der Waals surface area (Å²) in [6.07, 6.45) is 1.94. The van der Waals surface area contributed by atoms with Crippen molar-refractivity contribution in [2.24, 2.45) is 0 Å². The molecule has 5 nitrogen and oxygen atoms in total. The number of nitrogens with one attached hydrogen (secondary N) is 1. The average molecular weight is 439 g/mol. The monoisotopic (exact) mass is 438 g/mol. The van der Waals surface area contributed by atoms with Crippen molar-refractivity contribution in [2.75, 3.05) is 22.9 Å². The van der Waals surface area contributed by atoms with Crippen molar-refractivity contribution < 1.29 is 17.6 Å². The Labute approximate surface area is 176 Å². The van der Waals surface area contributed by atoms with Gasteiger partial charge in [0.25, 0.3) is 0 Å². The molecule has 0 heterocycles. The molecule has 0 saturated carbocycles. The molecule has 0 radical (unpaired) electrons. The first-order valence-corrected chi connectivity index (χ1v) is 12.4. The highest BCUT2D eigenvalue weighted by molar-refractivity contribution is 7.98. The summed E-state index contributed by atoms with van der Waals surface area (Å²) in [7, 11) is -3.63. The van der Waals surface area contributed by atoms with Crippen LogP contribution in [0.2, 0.25) is 0 Å². The third-order valence-corrected chi connectivity index (χ3v) is 6.70. The number of halogens is 1. The number of benzene rings is 2. The molecule has 1 amide bonds. The number of hydrogen-bond acceptors (Lipinski definition) is 4. The van der Waals surface area contributed by atoms with E-state index in [1.807, 2.05) is 19.1 Å². The molecule has 158 valence electrons. The number of amides is 1. The number of hydrogen-bond donors (Lipinski definition) is 1. The molecule has 0 saturated heterocycles. The first-order valence-electron chi connectivity index (χ1n) is 9.41. The summed E-state index contributed by atoms with van der Waals surface area (Å²) in [5.74, 6) is 0.491. The van der Waals surface area contributed by atoms with Crippen LogP contribution in [0.5, 0.6) is 0 Å². The maximum atomic E-state index is 13.6. The second-order valence-electron chi connectivity index (χ2n) is 6.69. The fraction of sp³-hybridized carbons (Fsp3) is 0.381. The van der Waals surface area contributed by atoms with Crippen molar-refractivity contribution >= 4 is 33.4 Å². The Bertz CT molecular complexity index is 918. The van der Waals surface area contributed by atoms with Crippen LogP contribution in [0.4, 0.5) is 10.1 Å². The zero-order valence-corrected chi connectivity index (χ0v) is 18.5. The number of aryl methyl sites for hydroxylation is 1. The number of rotatable bonds is 10. The highest BCUT2D eigenvalue weighted by atomic mass is 32.2. The second-order valence-corrected chi connectivity index (χ2v) is 9.65. The van der Waals surface area contributed by atoms with Crippen LogP contribution in [-0.2, 0) is 27.0 Å². The van der Waals surface area contributed by atoms with E-state index in [9.17, 15) is 17.6 Å². The lowest BCUT2D eigenvalue weighted by atomic mass is 10.1. The molecule has 0 unspecified atom stereocenters. The molecule has 0 aliphatic heterocycles. The highest BCUT2D eigenvalue weighted by Crippen LogP contribution is 2.22. The molecule has 0 fully saturated rings. The van der Waals surface area contributed by atoms with E-state index in [2.05, 4.69) is 5.32 Å². The van der Waals surface area contributed by atoms with Crippen molar-refractivity contribution in [1.29, 1.82) is 0 Å². The number of carbonyl (C=O) groups excluding carboxylic acids is 1. The van der Waals surface area contributed by atoms with E-state index < -0.39 is 16.1 Å². The third-order valence-electron chi connectivity index (χ3n) is 4.45. The smallest absolute Gasteiger partial charge is 0.243 e. The fourth-order valence-electron chi connectivity index (χ4n) is 2.88. The summed E-state index contributed by atoms with van der Waals surface area (Å²) < 4.78 is 39.3. The van der Waals surface area contributed by atoms with E-state index in [1.54, 1.807) is 37.3 Å². The zero-order chi connectivity index (χ0) is 21.4. The van der Waals surface area contributed by atoms with E-state index in [-0.39, 0.29) is 11.7 Å². The Morgan fingerprint density at radius 3 is 2.41 bits per heavy atom. The molecule has 2 rings (SSSR count). The largest absolute Gasteiger partial charge is 0.353 e. The van der Waals surface area contributed by atoms with Crippen LogP contribution in [0.15, 0.2) is 48.5 Å². The van der Waals surface area contributed by atoms with Gasteiger partial charge in [-0.3, -0.25) is 9.10 Å². The predicted octanol–water partition coefficient (Wildman–Crippen LogP) is 3.59. The van der Waals surface area contributed by atoms with Gasteiger partial charge in [-0.1, -0.05) is 37.3 Å². The summed E-state index contributed by atoms with van der Waals surface area (Å²) in [5.41, 5.74) is 2.17. The molecule has 1 atom stereocenters. The van der Waals surface area contributed by atoms with Gasteiger partial charge in [0.1, 0.15) is 11.9 Å². The minimum Gasteiger partial charge on any atom is -0.353 e. The van der Waals surface area contributed by atoms with Gasteiger partial charge in [0, 0.05) is 18.1 Å². The first-order chi connectivity index (χ1) is 13.7. The summed E-state index contributed by atoms with van der Waals surface area (Å²) >= 11 is 1.50. The lowest BCUT2D eigenvalue weighted by Crippen LogP contribution is -2.48. The normalized spacial score (nSPS) is 12.4. The Morgan fingerprint density at radius 1 is 1.17 bits per heavy atom. The van der Waals surface area contributed by atoms with Crippen LogP contribution < -0.4 is 9.62 Å². The molecule has 0 aliphatic rings. The molecule has 2 aromatic carbocycles. The van der Waals surface area contributed by atoms with Crippen LogP contribution in [0.3, 0.4) is 0 Å². The number of anilines is 1. The SMILES string of the molecule is CCc1ccc(N([C@H](C)C(=O)NCCSCc2ccccc2F)S(C)(=O)=O)cc1. The lowest BCUT2D eigenvalue weighted by molar-refractivity contribution is -0.121. The average Bonchev–Trinajstić information content (AvgIpc) is 2.68. The van der Waals surface area contributed by atoms with Gasteiger partial charge in [-0.25, -0.2) is 12.8 Å². The van der Waals surface area contributed by atoms with Crippen molar-refractivity contribution in [3.8, 4) is 0 Å². The van der Waals surface area contributed by atoms with Gasteiger partial charge in [0.15, 0.2) is 0 Å². The van der Waals surface area contributed by atoms with Crippen LogP contribution in [0.25, 0.3) is 0 Å². The van der Waals surface area contributed by atoms with Crippen molar-refractivity contribution in [3.05, 3.63) is 65.5 Å². The van der Waals surface area contributed by atoms with Crippen LogP contribution >= 0.6 is 11.8 Å². The summed E-state index contributed by atoms with van der Waals surface area (Å²) in [5, 5.41) is 2.77.